The van der Waals surface area contributed by atoms with Gasteiger partial charge in [0.05, 0.1) is 0 Å². The molecule has 284 valence electrons. The third kappa shape index (κ3) is 6.52. The molecule has 0 amide bonds. The van der Waals surface area contributed by atoms with Crippen molar-refractivity contribution >= 4 is 45.1 Å². The summed E-state index contributed by atoms with van der Waals surface area (Å²) >= 11 is 0. The number of furan rings is 1. The lowest BCUT2D eigenvalue weighted by molar-refractivity contribution is 0.669. The standard InChI is InChI=1S/C55H38N4O/c1-4-14-37(15-5-1)39-26-30-43(31-27-39)59(44-32-28-40(29-33-44)38-16-6-2-7-17-38)45-34-35-48-51(36-45)60-50-25-13-24-49(52(48)50)55-57-53(42-19-8-3-9-20-42)56-54(58-55)47-23-12-21-41-18-10-11-22-46(41)47/h1-22,24-36,47H,23H2. The molecule has 5 heteroatoms. The van der Waals surface area contributed by atoms with E-state index in [2.05, 4.69) is 175 Å². The van der Waals surface area contributed by atoms with Crippen molar-refractivity contribution in [2.75, 3.05) is 4.90 Å². The van der Waals surface area contributed by atoms with Gasteiger partial charge in [0.25, 0.3) is 0 Å². The molecule has 0 N–H and O–H groups in total. The zero-order valence-electron chi connectivity index (χ0n) is 32.7. The molecule has 2 aromatic heterocycles. The van der Waals surface area contributed by atoms with E-state index in [1.165, 1.54) is 33.4 Å². The van der Waals surface area contributed by atoms with Crippen LogP contribution in [0.4, 0.5) is 17.1 Å². The van der Waals surface area contributed by atoms with Crippen LogP contribution in [0.25, 0.3) is 73.0 Å². The van der Waals surface area contributed by atoms with E-state index in [4.69, 9.17) is 19.4 Å². The van der Waals surface area contributed by atoms with Crippen LogP contribution < -0.4 is 4.90 Å². The van der Waals surface area contributed by atoms with E-state index in [-0.39, 0.29) is 5.92 Å². The third-order valence-corrected chi connectivity index (χ3v) is 11.5. The molecule has 0 saturated heterocycles. The van der Waals surface area contributed by atoms with Gasteiger partial charge in [-0.2, -0.15) is 0 Å². The molecule has 60 heavy (non-hydrogen) atoms. The van der Waals surface area contributed by atoms with E-state index >= 15 is 0 Å². The van der Waals surface area contributed by atoms with Gasteiger partial charge < -0.3 is 9.32 Å². The summed E-state index contributed by atoms with van der Waals surface area (Å²) in [5.41, 5.74) is 13.6. The van der Waals surface area contributed by atoms with E-state index in [1.807, 2.05) is 42.5 Å². The van der Waals surface area contributed by atoms with Crippen molar-refractivity contribution in [2.24, 2.45) is 0 Å². The molecule has 5 nitrogen and oxygen atoms in total. The van der Waals surface area contributed by atoms with Gasteiger partial charge in [0, 0.05) is 50.9 Å². The van der Waals surface area contributed by atoms with Crippen LogP contribution in [0.1, 0.15) is 29.3 Å². The molecule has 0 saturated carbocycles. The highest BCUT2D eigenvalue weighted by Crippen LogP contribution is 2.42. The molecule has 1 atom stereocenters. The van der Waals surface area contributed by atoms with Gasteiger partial charge in [0.15, 0.2) is 11.6 Å². The number of fused-ring (bicyclic) bond motifs is 4. The first-order chi connectivity index (χ1) is 29.7. The minimum absolute atomic E-state index is 0.00719. The Labute approximate surface area is 348 Å². The largest absolute Gasteiger partial charge is 0.456 e. The van der Waals surface area contributed by atoms with E-state index in [9.17, 15) is 0 Å². The highest BCUT2D eigenvalue weighted by molar-refractivity contribution is 6.12. The summed E-state index contributed by atoms with van der Waals surface area (Å²) in [7, 11) is 0. The molecule has 0 spiro atoms. The number of allylic oxidation sites excluding steroid dienone is 1. The van der Waals surface area contributed by atoms with Crippen molar-refractivity contribution in [2.45, 2.75) is 12.3 Å². The van der Waals surface area contributed by atoms with Crippen LogP contribution >= 0.6 is 0 Å². The molecule has 8 aromatic carbocycles. The van der Waals surface area contributed by atoms with E-state index in [0.717, 1.165) is 62.4 Å². The smallest absolute Gasteiger partial charge is 0.164 e. The van der Waals surface area contributed by atoms with Crippen LogP contribution in [0.3, 0.4) is 0 Å². The number of benzene rings is 8. The zero-order chi connectivity index (χ0) is 39.8. The second kappa shape index (κ2) is 15.1. The molecule has 1 unspecified atom stereocenters. The topological polar surface area (TPSA) is 55.1 Å². The molecule has 2 heterocycles. The quantitative estimate of drug-likeness (QED) is 0.154. The average molecular weight is 771 g/mol. The summed E-state index contributed by atoms with van der Waals surface area (Å²) in [6.07, 6.45) is 5.23. The molecule has 0 radical (unpaired) electrons. The van der Waals surface area contributed by atoms with E-state index in [0.29, 0.717) is 11.6 Å². The monoisotopic (exact) mass is 770 g/mol. The predicted molar refractivity (Wildman–Crippen MR) is 245 cm³/mol. The Morgan fingerprint density at radius 2 is 1.02 bits per heavy atom. The average Bonchev–Trinajstić information content (AvgIpc) is 3.71. The van der Waals surface area contributed by atoms with Crippen LogP contribution in [-0.4, -0.2) is 15.0 Å². The fourth-order valence-electron chi connectivity index (χ4n) is 8.52. The first kappa shape index (κ1) is 35.3. The first-order valence-electron chi connectivity index (χ1n) is 20.4. The van der Waals surface area contributed by atoms with Crippen molar-refractivity contribution < 1.29 is 4.42 Å². The minimum Gasteiger partial charge on any atom is -0.456 e. The highest BCUT2D eigenvalue weighted by Gasteiger charge is 2.25. The number of nitrogens with zero attached hydrogens (tertiary/aromatic N) is 4. The Kier molecular flexibility index (Phi) is 8.90. The molecule has 10 aromatic rings. The summed E-state index contributed by atoms with van der Waals surface area (Å²) < 4.78 is 6.73. The lowest BCUT2D eigenvalue weighted by atomic mass is 9.86. The lowest BCUT2D eigenvalue weighted by Gasteiger charge is -2.26. The predicted octanol–water partition coefficient (Wildman–Crippen LogP) is 14.5. The van der Waals surface area contributed by atoms with Gasteiger partial charge in [0.2, 0.25) is 0 Å². The molecule has 11 rings (SSSR count). The Balaban J connectivity index is 1.04. The van der Waals surface area contributed by atoms with Gasteiger partial charge in [-0.25, -0.2) is 15.0 Å². The van der Waals surface area contributed by atoms with Crippen LogP contribution in [-0.2, 0) is 0 Å². The second-order valence-electron chi connectivity index (χ2n) is 15.1. The zero-order valence-corrected chi connectivity index (χ0v) is 32.7. The van der Waals surface area contributed by atoms with Crippen molar-refractivity contribution in [3.05, 3.63) is 223 Å². The first-order valence-corrected chi connectivity index (χ1v) is 20.4. The Bertz CT molecular complexity index is 3070. The van der Waals surface area contributed by atoms with Crippen LogP contribution in [0.2, 0.25) is 0 Å². The minimum atomic E-state index is 0.00719. The maximum atomic E-state index is 6.73. The molecular weight excluding hydrogens is 733 g/mol. The summed E-state index contributed by atoms with van der Waals surface area (Å²) in [6.45, 7) is 0. The van der Waals surface area contributed by atoms with Gasteiger partial charge in [0.1, 0.15) is 17.0 Å². The van der Waals surface area contributed by atoms with Crippen LogP contribution in [0, 0.1) is 0 Å². The maximum Gasteiger partial charge on any atom is 0.164 e. The number of aromatic nitrogens is 3. The molecular formula is C55H38N4O. The van der Waals surface area contributed by atoms with Gasteiger partial charge >= 0.3 is 0 Å². The van der Waals surface area contributed by atoms with Gasteiger partial charge in [-0.1, -0.05) is 164 Å². The maximum absolute atomic E-state index is 6.73. The summed E-state index contributed by atoms with van der Waals surface area (Å²) in [6, 6.07) is 69.9. The van der Waals surface area contributed by atoms with Gasteiger partial charge in [-0.15, -0.1) is 0 Å². The fraction of sp³-hybridized carbons (Fsp3) is 0.0364. The Morgan fingerprint density at radius 3 is 1.68 bits per heavy atom. The van der Waals surface area contributed by atoms with Crippen molar-refractivity contribution in [1.82, 2.24) is 15.0 Å². The third-order valence-electron chi connectivity index (χ3n) is 11.5. The normalized spacial score (nSPS) is 13.4. The SMILES string of the molecule is C1=Cc2ccccc2C(c2nc(-c3ccccc3)nc(-c3cccc4oc5cc(N(c6ccc(-c7ccccc7)cc6)c6ccc(-c7ccccc7)cc6)ccc5c34)n2)C1. The summed E-state index contributed by atoms with van der Waals surface area (Å²) in [5, 5.41) is 1.97. The molecule has 0 aliphatic heterocycles. The van der Waals surface area contributed by atoms with Gasteiger partial charge in [-0.05, 0) is 82.3 Å². The summed E-state index contributed by atoms with van der Waals surface area (Å²) in [5.74, 6) is 2.05. The molecule has 0 fully saturated rings. The van der Waals surface area contributed by atoms with E-state index < -0.39 is 0 Å². The summed E-state index contributed by atoms with van der Waals surface area (Å²) in [4.78, 5) is 17.8. The van der Waals surface area contributed by atoms with Crippen LogP contribution in [0.15, 0.2) is 211 Å². The second-order valence-corrected chi connectivity index (χ2v) is 15.1. The number of anilines is 3. The molecule has 1 aliphatic carbocycles. The van der Waals surface area contributed by atoms with Crippen LogP contribution in [0.5, 0.6) is 0 Å². The number of rotatable bonds is 8. The fourth-order valence-corrected chi connectivity index (χ4v) is 8.52. The van der Waals surface area contributed by atoms with E-state index in [1.54, 1.807) is 0 Å². The molecule has 0 bridgehead atoms. The van der Waals surface area contributed by atoms with Crippen molar-refractivity contribution in [3.63, 3.8) is 0 Å². The van der Waals surface area contributed by atoms with Crippen molar-refractivity contribution in [1.29, 1.82) is 0 Å². The highest BCUT2D eigenvalue weighted by atomic mass is 16.3. The van der Waals surface area contributed by atoms with Crippen molar-refractivity contribution in [3.8, 4) is 45.0 Å². The number of hydrogen-bond acceptors (Lipinski definition) is 5. The number of hydrogen-bond donors (Lipinski definition) is 0. The lowest BCUT2D eigenvalue weighted by Crippen LogP contribution is -2.12. The molecule has 1 aliphatic rings. The van der Waals surface area contributed by atoms with Gasteiger partial charge in [-0.3, -0.25) is 0 Å². The Morgan fingerprint density at radius 1 is 0.450 bits per heavy atom. The Hall–Kier alpha value is -7.89.